The van der Waals surface area contributed by atoms with E-state index in [1.807, 2.05) is 43.0 Å². The minimum atomic E-state index is -0.625. The van der Waals surface area contributed by atoms with Gasteiger partial charge in [0.2, 0.25) is 5.79 Å². The highest BCUT2D eigenvalue weighted by molar-refractivity contribution is 5.78. The van der Waals surface area contributed by atoms with E-state index in [0.717, 1.165) is 67.8 Å². The largest absolute Gasteiger partial charge is 0.484 e. The Kier molecular flexibility index (Phi) is 7.00. The second kappa shape index (κ2) is 10.2. The minimum absolute atomic E-state index is 0.0674. The van der Waals surface area contributed by atoms with Crippen LogP contribution in [0.5, 0.6) is 11.5 Å². The number of aliphatic hydroxyl groups excluding tert-OH is 1. The van der Waals surface area contributed by atoms with Crippen molar-refractivity contribution in [2.24, 2.45) is 0 Å². The molecule has 3 aliphatic rings. The standard InChI is InChI=1S/C28H36N2O5/c1-28(2)34-17-22-13-20(7-10-26(22)35-28)25(31)16-29-23-8-5-19-6-9-24(15-21(19)14-23)33-18-27(32)30-11-3-4-12-30/h6-7,9-10,13,15,23,25,29,31H,3-5,8,11-12,14,16-18H2,1-2H3/t23-,25-/m0/s1. The van der Waals surface area contributed by atoms with Crippen molar-refractivity contribution in [3.05, 3.63) is 58.7 Å². The predicted molar refractivity (Wildman–Crippen MR) is 132 cm³/mol. The lowest BCUT2D eigenvalue weighted by Gasteiger charge is -2.33. The third-order valence-corrected chi connectivity index (χ3v) is 7.23. The highest BCUT2D eigenvalue weighted by atomic mass is 16.7. The fraction of sp³-hybridized carbons (Fsp3) is 0.536. The Morgan fingerprint density at radius 1 is 1.17 bits per heavy atom. The molecule has 0 aromatic heterocycles. The highest BCUT2D eigenvalue weighted by Gasteiger charge is 2.28. The summed E-state index contributed by atoms with van der Waals surface area (Å²) in [5.74, 6) is 1.01. The van der Waals surface area contributed by atoms with Crippen LogP contribution in [0.2, 0.25) is 0 Å². The van der Waals surface area contributed by atoms with E-state index in [2.05, 4.69) is 17.4 Å². The van der Waals surface area contributed by atoms with Gasteiger partial charge in [-0.15, -0.1) is 0 Å². The zero-order chi connectivity index (χ0) is 24.4. The van der Waals surface area contributed by atoms with Crippen LogP contribution < -0.4 is 14.8 Å². The van der Waals surface area contributed by atoms with Crippen molar-refractivity contribution in [1.29, 1.82) is 0 Å². The monoisotopic (exact) mass is 480 g/mol. The molecule has 2 aromatic rings. The molecule has 0 radical (unpaired) electrons. The predicted octanol–water partition coefficient (Wildman–Crippen LogP) is 3.51. The van der Waals surface area contributed by atoms with Crippen LogP contribution in [0.25, 0.3) is 0 Å². The molecule has 0 saturated carbocycles. The lowest BCUT2D eigenvalue weighted by Crippen LogP contribution is -2.37. The number of aliphatic hydroxyl groups is 1. The van der Waals surface area contributed by atoms with Crippen LogP contribution in [-0.4, -0.2) is 54.0 Å². The number of hydrogen-bond donors (Lipinski definition) is 2. The van der Waals surface area contributed by atoms with Gasteiger partial charge in [-0.2, -0.15) is 0 Å². The van der Waals surface area contributed by atoms with Crippen LogP contribution in [0.15, 0.2) is 36.4 Å². The third-order valence-electron chi connectivity index (χ3n) is 7.23. The van der Waals surface area contributed by atoms with Crippen LogP contribution in [0.3, 0.4) is 0 Å². The van der Waals surface area contributed by atoms with E-state index in [1.54, 1.807) is 0 Å². The summed E-state index contributed by atoms with van der Waals surface area (Å²) in [6.07, 6.45) is 4.44. The van der Waals surface area contributed by atoms with Gasteiger partial charge in [-0.1, -0.05) is 12.1 Å². The van der Waals surface area contributed by atoms with Crippen LogP contribution in [0, 0.1) is 0 Å². The molecular weight excluding hydrogens is 444 g/mol. The van der Waals surface area contributed by atoms with Crippen molar-refractivity contribution in [2.75, 3.05) is 26.2 Å². The molecule has 2 aliphatic heterocycles. The zero-order valence-corrected chi connectivity index (χ0v) is 20.7. The average molecular weight is 481 g/mol. The molecule has 5 rings (SSSR count). The fourth-order valence-corrected chi connectivity index (χ4v) is 5.16. The first kappa shape index (κ1) is 24.1. The van der Waals surface area contributed by atoms with E-state index in [0.29, 0.717) is 13.2 Å². The molecule has 2 atom stereocenters. The number of hydrogen-bond acceptors (Lipinski definition) is 6. The number of rotatable bonds is 7. The van der Waals surface area contributed by atoms with Gasteiger partial charge in [0.15, 0.2) is 6.61 Å². The molecule has 1 amide bonds. The van der Waals surface area contributed by atoms with Crippen LogP contribution in [-0.2, 0) is 29.0 Å². The Balaban J connectivity index is 1.14. The van der Waals surface area contributed by atoms with Crippen molar-refractivity contribution in [3.8, 4) is 11.5 Å². The zero-order valence-electron chi connectivity index (χ0n) is 20.7. The van der Waals surface area contributed by atoms with E-state index in [1.165, 1.54) is 11.1 Å². The molecule has 188 valence electrons. The molecule has 7 heteroatoms. The second-order valence-corrected chi connectivity index (χ2v) is 10.3. The van der Waals surface area contributed by atoms with Crippen LogP contribution in [0.1, 0.15) is 61.5 Å². The smallest absolute Gasteiger partial charge is 0.260 e. The lowest BCUT2D eigenvalue weighted by atomic mass is 9.88. The summed E-state index contributed by atoms with van der Waals surface area (Å²) in [5.41, 5.74) is 4.40. The van der Waals surface area contributed by atoms with Gasteiger partial charge < -0.3 is 29.5 Å². The lowest BCUT2D eigenvalue weighted by molar-refractivity contribution is -0.180. The van der Waals surface area contributed by atoms with Crippen molar-refractivity contribution < 1.29 is 24.1 Å². The normalized spacial score (nSPS) is 21.6. The molecule has 2 N–H and O–H groups in total. The van der Waals surface area contributed by atoms with E-state index >= 15 is 0 Å². The van der Waals surface area contributed by atoms with Gasteiger partial charge in [-0.3, -0.25) is 4.79 Å². The summed E-state index contributed by atoms with van der Waals surface area (Å²) < 4.78 is 17.4. The topological polar surface area (TPSA) is 80.3 Å². The van der Waals surface area contributed by atoms with Crippen molar-refractivity contribution in [1.82, 2.24) is 10.2 Å². The number of benzene rings is 2. The quantitative estimate of drug-likeness (QED) is 0.631. The number of fused-ring (bicyclic) bond motifs is 2. The summed E-state index contributed by atoms with van der Waals surface area (Å²) in [5, 5.41) is 14.4. The molecular formula is C28H36N2O5. The molecule has 7 nitrogen and oxygen atoms in total. The maximum Gasteiger partial charge on any atom is 0.260 e. The number of aryl methyl sites for hydroxylation is 1. The Bertz CT molecular complexity index is 1060. The molecule has 2 heterocycles. The average Bonchev–Trinajstić information content (AvgIpc) is 3.40. The minimum Gasteiger partial charge on any atom is -0.484 e. The summed E-state index contributed by atoms with van der Waals surface area (Å²) in [6.45, 7) is 6.53. The van der Waals surface area contributed by atoms with Gasteiger partial charge in [-0.25, -0.2) is 0 Å². The molecule has 0 spiro atoms. The van der Waals surface area contributed by atoms with Crippen LogP contribution in [0.4, 0.5) is 0 Å². The van der Waals surface area contributed by atoms with Gasteiger partial charge >= 0.3 is 0 Å². The summed E-state index contributed by atoms with van der Waals surface area (Å²) in [7, 11) is 0. The summed E-state index contributed by atoms with van der Waals surface area (Å²) in [4.78, 5) is 14.2. The number of ether oxygens (including phenoxy) is 3. The Hall–Kier alpha value is -2.61. The summed E-state index contributed by atoms with van der Waals surface area (Å²) in [6, 6.07) is 12.3. The Morgan fingerprint density at radius 3 is 2.83 bits per heavy atom. The maximum atomic E-state index is 12.3. The van der Waals surface area contributed by atoms with Crippen LogP contribution >= 0.6 is 0 Å². The molecule has 2 aromatic carbocycles. The molecule has 1 fully saturated rings. The first-order valence-corrected chi connectivity index (χ1v) is 12.8. The molecule has 0 unspecified atom stereocenters. The van der Waals surface area contributed by atoms with Gasteiger partial charge in [0, 0.05) is 45.1 Å². The second-order valence-electron chi connectivity index (χ2n) is 10.3. The molecule has 1 saturated heterocycles. The van der Waals surface area contributed by atoms with Crippen molar-refractivity contribution in [2.45, 2.75) is 70.5 Å². The number of nitrogens with one attached hydrogen (secondary N) is 1. The number of amides is 1. The van der Waals surface area contributed by atoms with Crippen molar-refractivity contribution >= 4 is 5.91 Å². The maximum absolute atomic E-state index is 12.3. The van der Waals surface area contributed by atoms with Crippen molar-refractivity contribution in [3.63, 3.8) is 0 Å². The third kappa shape index (κ3) is 5.80. The summed E-state index contributed by atoms with van der Waals surface area (Å²) >= 11 is 0. The number of likely N-dealkylation sites (tertiary alicyclic amines) is 1. The van der Waals surface area contributed by atoms with Gasteiger partial charge in [-0.05, 0) is 73.1 Å². The van der Waals surface area contributed by atoms with E-state index in [9.17, 15) is 9.90 Å². The van der Waals surface area contributed by atoms with Gasteiger partial charge in [0.05, 0.1) is 12.7 Å². The number of nitrogens with zero attached hydrogens (tertiary/aromatic N) is 1. The Labute approximate surface area is 207 Å². The van der Waals surface area contributed by atoms with Gasteiger partial charge in [0.25, 0.3) is 5.91 Å². The van der Waals surface area contributed by atoms with E-state index in [4.69, 9.17) is 14.2 Å². The van der Waals surface area contributed by atoms with Gasteiger partial charge in [0.1, 0.15) is 11.5 Å². The SMILES string of the molecule is CC1(C)OCc2cc([C@@H](O)CN[C@H]3CCc4ccc(OCC(=O)N5CCCC5)cc4C3)ccc2O1. The highest BCUT2D eigenvalue weighted by Crippen LogP contribution is 2.33. The molecule has 35 heavy (non-hydrogen) atoms. The van der Waals surface area contributed by atoms with E-state index < -0.39 is 11.9 Å². The fourth-order valence-electron chi connectivity index (χ4n) is 5.16. The Morgan fingerprint density at radius 2 is 2.00 bits per heavy atom. The van der Waals surface area contributed by atoms with E-state index in [-0.39, 0.29) is 18.6 Å². The first-order chi connectivity index (χ1) is 16.9. The number of carbonyl (C=O) groups is 1. The molecule has 1 aliphatic carbocycles. The first-order valence-electron chi connectivity index (χ1n) is 12.8. The number of carbonyl (C=O) groups excluding carboxylic acids is 1. The molecule has 0 bridgehead atoms.